The van der Waals surface area contributed by atoms with E-state index in [1.54, 1.807) is 13.2 Å². The standard InChI is InChI=1S/C14H15N3O/c1-18-12-7-5-9-3-2-4-10(9)14(12)11-6-8-13(15)17-16-11/h5-8H,2-4H2,1H3,(H2,15,17). The largest absolute Gasteiger partial charge is 0.496 e. The smallest absolute Gasteiger partial charge is 0.146 e. The highest BCUT2D eigenvalue weighted by atomic mass is 16.5. The van der Waals surface area contributed by atoms with Crippen LogP contribution < -0.4 is 10.5 Å². The van der Waals surface area contributed by atoms with Crippen molar-refractivity contribution in [2.75, 3.05) is 12.8 Å². The molecule has 0 amide bonds. The van der Waals surface area contributed by atoms with Crippen molar-refractivity contribution in [1.29, 1.82) is 0 Å². The number of anilines is 1. The van der Waals surface area contributed by atoms with Gasteiger partial charge in [-0.1, -0.05) is 6.07 Å². The summed E-state index contributed by atoms with van der Waals surface area (Å²) in [6, 6.07) is 7.84. The third kappa shape index (κ3) is 1.70. The first kappa shape index (κ1) is 11.0. The number of rotatable bonds is 2. The second kappa shape index (κ2) is 4.29. The molecular weight excluding hydrogens is 226 g/mol. The summed E-state index contributed by atoms with van der Waals surface area (Å²) in [6.07, 6.45) is 3.40. The highest BCUT2D eigenvalue weighted by Gasteiger charge is 2.20. The van der Waals surface area contributed by atoms with Crippen LogP contribution in [0.4, 0.5) is 5.82 Å². The van der Waals surface area contributed by atoms with Crippen LogP contribution >= 0.6 is 0 Å². The van der Waals surface area contributed by atoms with Gasteiger partial charge < -0.3 is 10.5 Å². The first-order chi connectivity index (χ1) is 8.79. The molecule has 1 aromatic heterocycles. The molecule has 0 bridgehead atoms. The van der Waals surface area contributed by atoms with Gasteiger partial charge in [0.05, 0.1) is 12.8 Å². The molecule has 4 nitrogen and oxygen atoms in total. The van der Waals surface area contributed by atoms with E-state index < -0.39 is 0 Å². The van der Waals surface area contributed by atoms with E-state index in [4.69, 9.17) is 10.5 Å². The number of ether oxygens (including phenoxy) is 1. The van der Waals surface area contributed by atoms with Crippen LogP contribution in [0.3, 0.4) is 0 Å². The Labute approximate surface area is 106 Å². The lowest BCUT2D eigenvalue weighted by Gasteiger charge is -2.12. The zero-order valence-electron chi connectivity index (χ0n) is 10.3. The molecule has 2 aromatic rings. The number of methoxy groups -OCH3 is 1. The molecule has 92 valence electrons. The predicted molar refractivity (Wildman–Crippen MR) is 70.5 cm³/mol. The van der Waals surface area contributed by atoms with E-state index >= 15 is 0 Å². The van der Waals surface area contributed by atoms with Crippen molar-refractivity contribution in [3.05, 3.63) is 35.4 Å². The number of benzene rings is 1. The van der Waals surface area contributed by atoms with Gasteiger partial charge in [-0.3, -0.25) is 0 Å². The molecule has 4 heteroatoms. The van der Waals surface area contributed by atoms with E-state index in [1.807, 2.05) is 12.1 Å². The molecule has 1 aromatic carbocycles. The Balaban J connectivity index is 2.20. The maximum absolute atomic E-state index is 5.58. The Bertz CT molecular complexity index is 578. The lowest BCUT2D eigenvalue weighted by atomic mass is 9.99. The van der Waals surface area contributed by atoms with Gasteiger partial charge in [-0.2, -0.15) is 0 Å². The Morgan fingerprint density at radius 1 is 1.11 bits per heavy atom. The third-order valence-electron chi connectivity index (χ3n) is 3.41. The lowest BCUT2D eigenvalue weighted by molar-refractivity contribution is 0.416. The van der Waals surface area contributed by atoms with Crippen molar-refractivity contribution in [2.24, 2.45) is 0 Å². The van der Waals surface area contributed by atoms with Crippen molar-refractivity contribution < 1.29 is 4.74 Å². The molecule has 18 heavy (non-hydrogen) atoms. The number of aryl methyl sites for hydroxylation is 1. The van der Waals surface area contributed by atoms with Crippen molar-refractivity contribution >= 4 is 5.82 Å². The number of fused-ring (bicyclic) bond motifs is 1. The summed E-state index contributed by atoms with van der Waals surface area (Å²) in [5, 5.41) is 8.11. The number of nitrogens with two attached hydrogens (primary N) is 1. The topological polar surface area (TPSA) is 61.0 Å². The maximum atomic E-state index is 5.58. The van der Waals surface area contributed by atoms with Crippen LogP contribution in [0.2, 0.25) is 0 Å². The number of hydrogen-bond acceptors (Lipinski definition) is 4. The van der Waals surface area contributed by atoms with Gasteiger partial charge >= 0.3 is 0 Å². The van der Waals surface area contributed by atoms with Gasteiger partial charge in [-0.15, -0.1) is 10.2 Å². The molecule has 0 radical (unpaired) electrons. The fourth-order valence-electron chi connectivity index (χ4n) is 2.57. The summed E-state index contributed by atoms with van der Waals surface area (Å²) >= 11 is 0. The second-order valence-electron chi connectivity index (χ2n) is 4.48. The van der Waals surface area contributed by atoms with Crippen molar-refractivity contribution in [2.45, 2.75) is 19.3 Å². The van der Waals surface area contributed by atoms with E-state index in [-0.39, 0.29) is 0 Å². The molecule has 1 aliphatic rings. The zero-order chi connectivity index (χ0) is 12.5. The van der Waals surface area contributed by atoms with Gasteiger partial charge in [0.2, 0.25) is 0 Å². The quantitative estimate of drug-likeness (QED) is 0.875. The molecule has 0 aliphatic heterocycles. The van der Waals surface area contributed by atoms with E-state index in [2.05, 4.69) is 16.3 Å². The van der Waals surface area contributed by atoms with Crippen molar-refractivity contribution in [3.8, 4) is 17.0 Å². The normalized spacial score (nSPS) is 13.4. The highest BCUT2D eigenvalue weighted by Crippen LogP contribution is 2.38. The van der Waals surface area contributed by atoms with Crippen LogP contribution in [0.15, 0.2) is 24.3 Å². The lowest BCUT2D eigenvalue weighted by Crippen LogP contribution is -1.99. The number of hydrogen-bond donors (Lipinski definition) is 1. The van der Waals surface area contributed by atoms with Gasteiger partial charge in [0.1, 0.15) is 11.6 Å². The maximum Gasteiger partial charge on any atom is 0.146 e. The van der Waals surface area contributed by atoms with Crippen LogP contribution in [0.25, 0.3) is 11.3 Å². The average Bonchev–Trinajstić information content (AvgIpc) is 2.87. The Morgan fingerprint density at radius 3 is 2.72 bits per heavy atom. The van der Waals surface area contributed by atoms with Crippen LogP contribution in [-0.2, 0) is 12.8 Å². The minimum absolute atomic E-state index is 0.435. The molecule has 0 saturated heterocycles. The number of nitrogen functional groups attached to an aromatic ring is 1. The second-order valence-corrected chi connectivity index (χ2v) is 4.48. The van der Waals surface area contributed by atoms with Crippen molar-refractivity contribution in [3.63, 3.8) is 0 Å². The molecule has 0 saturated carbocycles. The van der Waals surface area contributed by atoms with Crippen LogP contribution in [0, 0.1) is 0 Å². The SMILES string of the molecule is COc1ccc2c(c1-c1ccc(N)nn1)CCC2. The highest BCUT2D eigenvalue weighted by molar-refractivity contribution is 5.73. The van der Waals surface area contributed by atoms with Crippen LogP contribution in [-0.4, -0.2) is 17.3 Å². The van der Waals surface area contributed by atoms with Crippen molar-refractivity contribution in [1.82, 2.24) is 10.2 Å². The van der Waals surface area contributed by atoms with Gasteiger partial charge in [0, 0.05) is 5.56 Å². The Hall–Kier alpha value is -2.10. The molecule has 0 spiro atoms. The molecule has 1 heterocycles. The molecule has 0 unspecified atom stereocenters. The fourth-order valence-corrected chi connectivity index (χ4v) is 2.57. The van der Waals surface area contributed by atoms with E-state index in [1.165, 1.54) is 17.5 Å². The number of aromatic nitrogens is 2. The zero-order valence-corrected chi connectivity index (χ0v) is 10.3. The van der Waals surface area contributed by atoms with Gasteiger partial charge in [-0.05, 0) is 48.6 Å². The van der Waals surface area contributed by atoms with Gasteiger partial charge in [0.25, 0.3) is 0 Å². The average molecular weight is 241 g/mol. The summed E-state index contributed by atoms with van der Waals surface area (Å²) in [7, 11) is 1.69. The molecule has 3 rings (SSSR count). The first-order valence-electron chi connectivity index (χ1n) is 6.08. The first-order valence-corrected chi connectivity index (χ1v) is 6.08. The minimum Gasteiger partial charge on any atom is -0.496 e. The summed E-state index contributed by atoms with van der Waals surface area (Å²) in [6.45, 7) is 0. The molecule has 0 fully saturated rings. The summed E-state index contributed by atoms with van der Waals surface area (Å²) < 4.78 is 5.46. The predicted octanol–water partition coefficient (Wildman–Crippen LogP) is 2.22. The minimum atomic E-state index is 0.435. The van der Waals surface area contributed by atoms with Gasteiger partial charge in [0.15, 0.2) is 0 Å². The third-order valence-corrected chi connectivity index (χ3v) is 3.41. The Morgan fingerprint density at radius 2 is 2.00 bits per heavy atom. The Kier molecular flexibility index (Phi) is 2.63. The molecule has 2 N–H and O–H groups in total. The summed E-state index contributed by atoms with van der Waals surface area (Å²) in [4.78, 5) is 0. The molecular formula is C14H15N3O. The van der Waals surface area contributed by atoms with Crippen LogP contribution in [0.5, 0.6) is 5.75 Å². The fraction of sp³-hybridized carbons (Fsp3) is 0.286. The molecule has 1 aliphatic carbocycles. The monoisotopic (exact) mass is 241 g/mol. The van der Waals surface area contributed by atoms with Gasteiger partial charge in [-0.25, -0.2) is 0 Å². The van der Waals surface area contributed by atoms with E-state index in [0.29, 0.717) is 5.82 Å². The molecule has 0 atom stereocenters. The summed E-state index contributed by atoms with van der Waals surface area (Å²) in [5.41, 5.74) is 10.2. The summed E-state index contributed by atoms with van der Waals surface area (Å²) in [5.74, 6) is 1.29. The number of nitrogens with zero attached hydrogens (tertiary/aromatic N) is 2. The van der Waals surface area contributed by atoms with E-state index in [0.717, 1.165) is 29.8 Å². The van der Waals surface area contributed by atoms with Crippen LogP contribution in [0.1, 0.15) is 17.5 Å². The van der Waals surface area contributed by atoms with E-state index in [9.17, 15) is 0 Å².